The zero-order chi connectivity index (χ0) is 12.0. The number of aliphatic carboxylic acids is 1. The molecule has 5 heteroatoms. The Kier molecular flexibility index (Phi) is 4.47. The van der Waals surface area contributed by atoms with Crippen molar-refractivity contribution in [1.82, 2.24) is 5.32 Å². The lowest BCUT2D eigenvalue weighted by Gasteiger charge is -2.05. The van der Waals surface area contributed by atoms with Gasteiger partial charge in [-0.1, -0.05) is 12.1 Å². The molecule has 0 heterocycles. The Hall–Kier alpha value is -1.88. The lowest BCUT2D eigenvalue weighted by atomic mass is 10.2. The topological polar surface area (TPSA) is 78.4 Å². The average molecular weight is 222 g/mol. The molecule has 0 unspecified atom stereocenters. The predicted molar refractivity (Wildman–Crippen MR) is 60.3 cm³/mol. The number of benzene rings is 1. The minimum atomic E-state index is -0.983. The molecule has 0 aliphatic heterocycles. The fourth-order valence-electron chi connectivity index (χ4n) is 1.21. The van der Waals surface area contributed by atoms with Gasteiger partial charge in [0.15, 0.2) is 0 Å². The summed E-state index contributed by atoms with van der Waals surface area (Å²) in [6.45, 7) is 1.69. The SMILES string of the molecule is Cc1cccc(NC(=O)CNCC(=O)O)c1. The van der Waals surface area contributed by atoms with Crippen molar-refractivity contribution < 1.29 is 14.7 Å². The average Bonchev–Trinajstić information content (AvgIpc) is 2.16. The number of hydrogen-bond donors (Lipinski definition) is 3. The number of anilines is 1. The molecule has 0 aliphatic rings. The van der Waals surface area contributed by atoms with Crippen molar-refractivity contribution >= 4 is 17.6 Å². The molecule has 0 aromatic heterocycles. The van der Waals surface area contributed by atoms with Crippen molar-refractivity contribution in [1.29, 1.82) is 0 Å². The van der Waals surface area contributed by atoms with Crippen molar-refractivity contribution in [2.24, 2.45) is 0 Å². The van der Waals surface area contributed by atoms with E-state index >= 15 is 0 Å². The van der Waals surface area contributed by atoms with E-state index in [0.29, 0.717) is 5.69 Å². The van der Waals surface area contributed by atoms with Gasteiger partial charge in [0.25, 0.3) is 0 Å². The summed E-state index contributed by atoms with van der Waals surface area (Å²) in [4.78, 5) is 21.5. The van der Waals surface area contributed by atoms with E-state index in [1.54, 1.807) is 6.07 Å². The molecule has 1 amide bonds. The summed E-state index contributed by atoms with van der Waals surface area (Å²) in [6, 6.07) is 7.39. The van der Waals surface area contributed by atoms with E-state index in [1.165, 1.54) is 0 Å². The third-order valence-electron chi connectivity index (χ3n) is 1.86. The maximum Gasteiger partial charge on any atom is 0.317 e. The first kappa shape index (κ1) is 12.2. The number of carbonyl (C=O) groups excluding carboxylic acids is 1. The van der Waals surface area contributed by atoms with Gasteiger partial charge in [-0.2, -0.15) is 0 Å². The minimum absolute atomic E-state index is 0.0136. The molecule has 0 aliphatic carbocycles. The van der Waals surface area contributed by atoms with Gasteiger partial charge in [0.1, 0.15) is 0 Å². The zero-order valence-corrected chi connectivity index (χ0v) is 8.99. The van der Waals surface area contributed by atoms with E-state index in [1.807, 2.05) is 25.1 Å². The van der Waals surface area contributed by atoms with Gasteiger partial charge in [-0.3, -0.25) is 14.9 Å². The minimum Gasteiger partial charge on any atom is -0.480 e. The van der Waals surface area contributed by atoms with Crippen molar-refractivity contribution in [2.45, 2.75) is 6.92 Å². The Balaban J connectivity index is 2.37. The van der Waals surface area contributed by atoms with Crippen LogP contribution in [0.1, 0.15) is 5.56 Å². The van der Waals surface area contributed by atoms with E-state index in [0.717, 1.165) is 5.56 Å². The molecule has 0 atom stereocenters. The van der Waals surface area contributed by atoms with Crippen molar-refractivity contribution in [3.63, 3.8) is 0 Å². The lowest BCUT2D eigenvalue weighted by Crippen LogP contribution is -2.31. The highest BCUT2D eigenvalue weighted by atomic mass is 16.4. The van der Waals surface area contributed by atoms with E-state index in [4.69, 9.17) is 5.11 Å². The summed E-state index contributed by atoms with van der Waals surface area (Å²) in [7, 11) is 0. The number of carboxylic acids is 1. The lowest BCUT2D eigenvalue weighted by molar-refractivity contribution is -0.135. The largest absolute Gasteiger partial charge is 0.480 e. The molecule has 0 saturated carbocycles. The van der Waals surface area contributed by atoms with Gasteiger partial charge in [0, 0.05) is 5.69 Å². The van der Waals surface area contributed by atoms with Gasteiger partial charge in [-0.05, 0) is 24.6 Å². The van der Waals surface area contributed by atoms with Crippen molar-refractivity contribution in [3.8, 4) is 0 Å². The fraction of sp³-hybridized carbons (Fsp3) is 0.273. The molecule has 1 aromatic rings. The first-order valence-electron chi connectivity index (χ1n) is 4.87. The molecule has 16 heavy (non-hydrogen) atoms. The Morgan fingerprint density at radius 2 is 2.06 bits per heavy atom. The normalized spacial score (nSPS) is 9.81. The first-order chi connectivity index (χ1) is 7.58. The zero-order valence-electron chi connectivity index (χ0n) is 8.99. The molecule has 1 rings (SSSR count). The molecule has 1 aromatic carbocycles. The third kappa shape index (κ3) is 4.56. The molecule has 0 fully saturated rings. The van der Waals surface area contributed by atoms with E-state index < -0.39 is 5.97 Å². The van der Waals surface area contributed by atoms with E-state index in [2.05, 4.69) is 10.6 Å². The summed E-state index contributed by atoms with van der Waals surface area (Å²) >= 11 is 0. The highest BCUT2D eigenvalue weighted by molar-refractivity contribution is 5.92. The molecule has 0 bridgehead atoms. The molecule has 0 radical (unpaired) electrons. The van der Waals surface area contributed by atoms with Gasteiger partial charge in [0.2, 0.25) is 5.91 Å². The predicted octanol–water partition coefficient (Wildman–Crippen LogP) is 0.608. The van der Waals surface area contributed by atoms with Crippen LogP contribution in [0.2, 0.25) is 0 Å². The number of carboxylic acid groups (broad SMARTS) is 1. The van der Waals surface area contributed by atoms with Gasteiger partial charge in [0.05, 0.1) is 13.1 Å². The van der Waals surface area contributed by atoms with Crippen LogP contribution in [-0.4, -0.2) is 30.1 Å². The Morgan fingerprint density at radius 3 is 2.69 bits per heavy atom. The summed E-state index contributed by atoms with van der Waals surface area (Å²) in [6.07, 6.45) is 0. The highest BCUT2D eigenvalue weighted by Gasteiger charge is 2.03. The van der Waals surface area contributed by atoms with Crippen LogP contribution in [-0.2, 0) is 9.59 Å². The van der Waals surface area contributed by atoms with Crippen LogP contribution in [0, 0.1) is 6.92 Å². The molecule has 3 N–H and O–H groups in total. The van der Waals surface area contributed by atoms with Crippen molar-refractivity contribution in [3.05, 3.63) is 29.8 Å². The molecule has 5 nitrogen and oxygen atoms in total. The molecule has 0 saturated heterocycles. The molecular weight excluding hydrogens is 208 g/mol. The Labute approximate surface area is 93.5 Å². The van der Waals surface area contributed by atoms with Crippen LogP contribution in [0.3, 0.4) is 0 Å². The van der Waals surface area contributed by atoms with Crippen LogP contribution in [0.4, 0.5) is 5.69 Å². The van der Waals surface area contributed by atoms with Crippen LogP contribution in [0.25, 0.3) is 0 Å². The summed E-state index contributed by atoms with van der Waals surface area (Å²) in [5, 5.41) is 13.5. The second-order valence-corrected chi connectivity index (χ2v) is 3.41. The maximum atomic E-state index is 11.3. The summed E-state index contributed by atoms with van der Waals surface area (Å²) in [5.41, 5.74) is 1.76. The Morgan fingerprint density at radius 1 is 1.31 bits per heavy atom. The highest BCUT2D eigenvalue weighted by Crippen LogP contribution is 2.08. The van der Waals surface area contributed by atoms with Crippen LogP contribution >= 0.6 is 0 Å². The summed E-state index contributed by atoms with van der Waals surface area (Å²) in [5.74, 6) is -1.24. The number of amides is 1. The smallest absolute Gasteiger partial charge is 0.317 e. The summed E-state index contributed by atoms with van der Waals surface area (Å²) < 4.78 is 0. The fourth-order valence-corrected chi connectivity index (χ4v) is 1.21. The van der Waals surface area contributed by atoms with Crippen molar-refractivity contribution in [2.75, 3.05) is 18.4 Å². The second kappa shape index (κ2) is 5.87. The second-order valence-electron chi connectivity index (χ2n) is 3.41. The van der Waals surface area contributed by atoms with Gasteiger partial charge in [-0.15, -0.1) is 0 Å². The van der Waals surface area contributed by atoms with Crippen LogP contribution < -0.4 is 10.6 Å². The quantitative estimate of drug-likeness (QED) is 0.682. The number of carbonyl (C=O) groups is 2. The van der Waals surface area contributed by atoms with Crippen LogP contribution in [0.5, 0.6) is 0 Å². The van der Waals surface area contributed by atoms with Gasteiger partial charge in [-0.25, -0.2) is 0 Å². The number of aryl methyl sites for hydroxylation is 1. The first-order valence-corrected chi connectivity index (χ1v) is 4.87. The third-order valence-corrected chi connectivity index (χ3v) is 1.86. The van der Waals surface area contributed by atoms with Gasteiger partial charge < -0.3 is 10.4 Å². The molecule has 86 valence electrons. The number of rotatable bonds is 5. The van der Waals surface area contributed by atoms with Crippen LogP contribution in [0.15, 0.2) is 24.3 Å². The van der Waals surface area contributed by atoms with E-state index in [-0.39, 0.29) is 19.0 Å². The Bertz CT molecular complexity index is 391. The molecular formula is C11H14N2O3. The maximum absolute atomic E-state index is 11.3. The standard InChI is InChI=1S/C11H14N2O3/c1-8-3-2-4-9(5-8)13-10(14)6-12-7-11(15)16/h2-5,12H,6-7H2,1H3,(H,13,14)(H,15,16). The number of nitrogens with one attached hydrogen (secondary N) is 2. The monoisotopic (exact) mass is 222 g/mol. The van der Waals surface area contributed by atoms with Gasteiger partial charge >= 0.3 is 5.97 Å². The van der Waals surface area contributed by atoms with E-state index in [9.17, 15) is 9.59 Å². The number of hydrogen-bond acceptors (Lipinski definition) is 3. The molecule has 0 spiro atoms.